The van der Waals surface area contributed by atoms with Gasteiger partial charge in [-0.15, -0.1) is 17.3 Å². The summed E-state index contributed by atoms with van der Waals surface area (Å²) in [6, 6.07) is 11.8. The van der Waals surface area contributed by atoms with E-state index in [1.54, 1.807) is 25.6 Å². The van der Waals surface area contributed by atoms with Crippen LogP contribution in [0.1, 0.15) is 18.1 Å². The molecule has 0 amide bonds. The number of benzene rings is 2. The fourth-order valence-electron chi connectivity index (χ4n) is 2.64. The maximum Gasteiger partial charge on any atom is 0.187 e. The van der Waals surface area contributed by atoms with Gasteiger partial charge in [0.25, 0.3) is 0 Å². The molecule has 0 bridgehead atoms. The smallest absolute Gasteiger partial charge is 0.187 e. The van der Waals surface area contributed by atoms with Crippen LogP contribution < -0.4 is 14.8 Å². The van der Waals surface area contributed by atoms with Crippen molar-refractivity contribution in [2.24, 2.45) is 0 Å². The van der Waals surface area contributed by atoms with E-state index < -0.39 is 0 Å². The van der Waals surface area contributed by atoms with Crippen LogP contribution in [0, 0.1) is 18.8 Å². The highest BCUT2D eigenvalue weighted by Gasteiger charge is 2.12. The van der Waals surface area contributed by atoms with Crippen molar-refractivity contribution in [2.75, 3.05) is 19.5 Å². The number of nitrogens with zero attached hydrogens (tertiary/aromatic N) is 1. The van der Waals surface area contributed by atoms with Gasteiger partial charge >= 0.3 is 0 Å². The number of aromatic nitrogens is 1. The van der Waals surface area contributed by atoms with E-state index in [1.165, 1.54) is 0 Å². The van der Waals surface area contributed by atoms with Crippen molar-refractivity contribution >= 4 is 22.2 Å². The van der Waals surface area contributed by atoms with Crippen molar-refractivity contribution in [3.05, 3.63) is 52.9 Å². The standard InChI is InChI=1S/C21H20N2O2S/c1-5-7-16-14(2)8-6-9-18(16)22-21-23-19(13-26-21)17-11-10-15(24-3)12-20(17)25-4/h6,8-13H,1-4H3,(H,22,23). The van der Waals surface area contributed by atoms with Crippen LogP contribution in [-0.2, 0) is 0 Å². The van der Waals surface area contributed by atoms with Crippen molar-refractivity contribution in [1.82, 2.24) is 4.98 Å². The third-order valence-corrected chi connectivity index (χ3v) is 4.71. The molecule has 0 unspecified atom stereocenters. The highest BCUT2D eigenvalue weighted by Crippen LogP contribution is 2.35. The molecule has 4 nitrogen and oxygen atoms in total. The van der Waals surface area contributed by atoms with E-state index in [4.69, 9.17) is 14.5 Å². The molecule has 1 aromatic heterocycles. The zero-order chi connectivity index (χ0) is 18.5. The van der Waals surface area contributed by atoms with Crippen LogP contribution in [0.25, 0.3) is 11.3 Å². The van der Waals surface area contributed by atoms with Crippen molar-refractivity contribution in [2.45, 2.75) is 13.8 Å². The van der Waals surface area contributed by atoms with Gasteiger partial charge in [0.05, 0.1) is 31.2 Å². The van der Waals surface area contributed by atoms with Gasteiger partial charge in [0.2, 0.25) is 0 Å². The van der Waals surface area contributed by atoms with Crippen LogP contribution in [0.3, 0.4) is 0 Å². The van der Waals surface area contributed by atoms with Gasteiger partial charge in [0, 0.05) is 17.0 Å². The third kappa shape index (κ3) is 3.66. The summed E-state index contributed by atoms with van der Waals surface area (Å²) in [4.78, 5) is 4.71. The van der Waals surface area contributed by atoms with Gasteiger partial charge in [-0.2, -0.15) is 0 Å². The minimum atomic E-state index is 0.731. The molecule has 2 aromatic carbocycles. The van der Waals surface area contributed by atoms with Gasteiger partial charge in [-0.05, 0) is 37.6 Å². The normalized spacial score (nSPS) is 10.0. The Morgan fingerprint density at radius 1 is 1.12 bits per heavy atom. The number of hydrogen-bond acceptors (Lipinski definition) is 5. The summed E-state index contributed by atoms with van der Waals surface area (Å²) in [5, 5.41) is 6.20. The second kappa shape index (κ2) is 7.94. The number of anilines is 2. The van der Waals surface area contributed by atoms with E-state index in [9.17, 15) is 0 Å². The first-order valence-electron chi connectivity index (χ1n) is 8.13. The van der Waals surface area contributed by atoms with Gasteiger partial charge < -0.3 is 14.8 Å². The van der Waals surface area contributed by atoms with Crippen LogP contribution in [0.15, 0.2) is 41.8 Å². The third-order valence-electron chi connectivity index (χ3n) is 3.95. The zero-order valence-corrected chi connectivity index (χ0v) is 16.0. The van der Waals surface area contributed by atoms with Crippen molar-refractivity contribution in [1.29, 1.82) is 0 Å². The first-order chi connectivity index (χ1) is 12.7. The molecule has 0 fully saturated rings. The summed E-state index contributed by atoms with van der Waals surface area (Å²) in [5.74, 6) is 7.62. The van der Waals surface area contributed by atoms with E-state index in [0.717, 1.165) is 44.7 Å². The molecule has 0 saturated carbocycles. The predicted octanol–water partition coefficient (Wildman–Crippen LogP) is 5.25. The SMILES string of the molecule is CC#Cc1c(C)cccc1Nc1nc(-c2ccc(OC)cc2OC)cs1. The number of aryl methyl sites for hydroxylation is 1. The molecule has 0 radical (unpaired) electrons. The fourth-order valence-corrected chi connectivity index (χ4v) is 3.37. The molecule has 3 rings (SSSR count). The summed E-state index contributed by atoms with van der Waals surface area (Å²) in [5.41, 5.74) is 4.87. The first-order valence-corrected chi connectivity index (χ1v) is 9.01. The first kappa shape index (κ1) is 17.8. The summed E-state index contributed by atoms with van der Waals surface area (Å²) >= 11 is 1.54. The van der Waals surface area contributed by atoms with E-state index in [-0.39, 0.29) is 0 Å². The molecular weight excluding hydrogens is 344 g/mol. The number of thiazole rings is 1. The highest BCUT2D eigenvalue weighted by molar-refractivity contribution is 7.14. The van der Waals surface area contributed by atoms with Gasteiger partial charge in [0.15, 0.2) is 5.13 Å². The Morgan fingerprint density at radius 2 is 1.96 bits per heavy atom. The minimum absolute atomic E-state index is 0.731. The molecule has 132 valence electrons. The average Bonchev–Trinajstić information content (AvgIpc) is 3.12. The Morgan fingerprint density at radius 3 is 2.69 bits per heavy atom. The lowest BCUT2D eigenvalue weighted by atomic mass is 10.1. The summed E-state index contributed by atoms with van der Waals surface area (Å²) in [6.45, 7) is 3.90. The van der Waals surface area contributed by atoms with Gasteiger partial charge in [-0.3, -0.25) is 0 Å². The number of methoxy groups -OCH3 is 2. The molecule has 3 aromatic rings. The van der Waals surface area contributed by atoms with Crippen molar-refractivity contribution < 1.29 is 9.47 Å². The molecule has 0 saturated heterocycles. The monoisotopic (exact) mass is 364 g/mol. The molecule has 1 N–H and O–H groups in total. The van der Waals surface area contributed by atoms with Crippen LogP contribution in [0.5, 0.6) is 11.5 Å². The number of hydrogen-bond donors (Lipinski definition) is 1. The number of rotatable bonds is 5. The molecule has 1 heterocycles. The maximum atomic E-state index is 5.48. The van der Waals surface area contributed by atoms with Crippen molar-refractivity contribution in [3.63, 3.8) is 0 Å². The van der Waals surface area contributed by atoms with Gasteiger partial charge in [0.1, 0.15) is 11.5 Å². The molecule has 0 aliphatic heterocycles. The van der Waals surface area contributed by atoms with Crippen molar-refractivity contribution in [3.8, 4) is 34.6 Å². The fraction of sp³-hybridized carbons (Fsp3) is 0.190. The van der Waals surface area contributed by atoms with Crippen LogP contribution in [0.2, 0.25) is 0 Å². The lowest BCUT2D eigenvalue weighted by Crippen LogP contribution is -1.95. The maximum absolute atomic E-state index is 5.48. The zero-order valence-electron chi connectivity index (χ0n) is 15.2. The lowest BCUT2D eigenvalue weighted by Gasteiger charge is -2.09. The molecule has 0 aliphatic carbocycles. The number of ether oxygens (including phenoxy) is 2. The molecule has 0 aliphatic rings. The summed E-state index contributed by atoms with van der Waals surface area (Å²) in [6.07, 6.45) is 0. The van der Waals surface area contributed by atoms with E-state index in [1.807, 2.05) is 42.6 Å². The quantitative estimate of drug-likeness (QED) is 0.628. The average molecular weight is 364 g/mol. The molecular formula is C21H20N2O2S. The Bertz CT molecular complexity index is 983. The van der Waals surface area contributed by atoms with Gasteiger partial charge in [-0.1, -0.05) is 18.1 Å². The lowest BCUT2D eigenvalue weighted by molar-refractivity contribution is 0.395. The van der Waals surface area contributed by atoms with E-state index in [2.05, 4.69) is 30.1 Å². The number of nitrogens with one attached hydrogen (secondary N) is 1. The van der Waals surface area contributed by atoms with Crippen LogP contribution in [-0.4, -0.2) is 19.2 Å². The van der Waals surface area contributed by atoms with Crippen LogP contribution in [0.4, 0.5) is 10.8 Å². The van der Waals surface area contributed by atoms with E-state index >= 15 is 0 Å². The minimum Gasteiger partial charge on any atom is -0.497 e. The Hall–Kier alpha value is -2.97. The Balaban J connectivity index is 1.92. The molecule has 26 heavy (non-hydrogen) atoms. The second-order valence-corrected chi connectivity index (χ2v) is 6.46. The van der Waals surface area contributed by atoms with E-state index in [0.29, 0.717) is 0 Å². The van der Waals surface area contributed by atoms with Crippen LogP contribution >= 0.6 is 11.3 Å². The Labute approximate surface area is 157 Å². The molecule has 0 atom stereocenters. The Kier molecular flexibility index (Phi) is 5.45. The summed E-state index contributed by atoms with van der Waals surface area (Å²) < 4.78 is 10.7. The summed E-state index contributed by atoms with van der Waals surface area (Å²) in [7, 11) is 3.28. The molecule has 5 heteroatoms. The second-order valence-electron chi connectivity index (χ2n) is 5.60. The topological polar surface area (TPSA) is 43.4 Å². The predicted molar refractivity (Wildman–Crippen MR) is 108 cm³/mol. The largest absolute Gasteiger partial charge is 0.497 e. The van der Waals surface area contributed by atoms with Gasteiger partial charge in [-0.25, -0.2) is 4.98 Å². The molecule has 0 spiro atoms. The highest BCUT2D eigenvalue weighted by atomic mass is 32.1.